The number of nitrogens with one attached hydrogen (secondary N) is 2. The zero-order valence-corrected chi connectivity index (χ0v) is 19.4. The second kappa shape index (κ2) is 12.1. The lowest BCUT2D eigenvalue weighted by Gasteiger charge is -2.16. The topological polar surface area (TPSA) is 139 Å². The van der Waals surface area contributed by atoms with Gasteiger partial charge in [0.2, 0.25) is 5.95 Å². The highest BCUT2D eigenvalue weighted by molar-refractivity contribution is 7.93. The molecule has 10 nitrogen and oxygen atoms in total. The molecule has 0 fully saturated rings. The number of amides is 1. The number of anilines is 3. The monoisotopic (exact) mass is 486 g/mol. The van der Waals surface area contributed by atoms with Crippen LogP contribution in [0.5, 0.6) is 0 Å². The predicted octanol–water partition coefficient (Wildman–Crippen LogP) is 4.32. The van der Waals surface area contributed by atoms with E-state index in [2.05, 4.69) is 29.9 Å². The molecule has 2 heterocycles. The summed E-state index contributed by atoms with van der Waals surface area (Å²) in [5.41, 5.74) is 2.24. The van der Waals surface area contributed by atoms with Crippen molar-refractivity contribution in [3.8, 4) is 11.1 Å². The first kappa shape index (κ1) is 26.7. The van der Waals surface area contributed by atoms with Crippen molar-refractivity contribution < 1.29 is 18.8 Å². The Labute approximate surface area is 200 Å². The Morgan fingerprint density at radius 1 is 1.24 bits per heavy atom. The number of hydrogen-bond acceptors (Lipinski definition) is 9. The van der Waals surface area contributed by atoms with Crippen LogP contribution in [0.15, 0.2) is 64.2 Å². The minimum Gasteiger partial charge on any atom is -0.448 e. The number of carbonyl (C=O) groups excluding carboxylic acids is 1. The molecule has 2 aromatic heterocycles. The molecule has 1 aromatic carbocycles. The van der Waals surface area contributed by atoms with Crippen molar-refractivity contribution in [2.45, 2.75) is 32.2 Å². The lowest BCUT2D eigenvalue weighted by Crippen LogP contribution is -2.21. The number of benzene rings is 1. The molecule has 0 saturated carbocycles. The fourth-order valence-electron chi connectivity index (χ4n) is 2.83. The smallest absolute Gasteiger partial charge is 0.442 e. The van der Waals surface area contributed by atoms with Crippen LogP contribution in [0, 0.1) is 0 Å². The van der Waals surface area contributed by atoms with Crippen LogP contribution in [-0.2, 0) is 14.5 Å². The number of carbonyl (C=O) groups is 1. The highest BCUT2D eigenvalue weighted by Gasteiger charge is 2.13. The molecule has 0 aliphatic rings. The summed E-state index contributed by atoms with van der Waals surface area (Å²) >= 11 is 0. The SMILES string of the molecule is C.CCOC(=O)N=S(C)(=O)c1ccc(Nc2ncc(-c3cccnc3)c(N[C@H](C)CO)n2)cc1. The van der Waals surface area contributed by atoms with E-state index in [0.717, 1.165) is 11.1 Å². The highest BCUT2D eigenvalue weighted by Crippen LogP contribution is 2.27. The van der Waals surface area contributed by atoms with Gasteiger partial charge in [0, 0.05) is 52.6 Å². The van der Waals surface area contributed by atoms with Crippen LogP contribution in [0.3, 0.4) is 0 Å². The summed E-state index contributed by atoms with van der Waals surface area (Å²) < 4.78 is 21.2. The maximum atomic E-state index is 12.7. The van der Waals surface area contributed by atoms with E-state index < -0.39 is 15.8 Å². The van der Waals surface area contributed by atoms with E-state index in [1.807, 2.05) is 19.1 Å². The lowest BCUT2D eigenvalue weighted by molar-refractivity contribution is 0.164. The van der Waals surface area contributed by atoms with Gasteiger partial charge in [-0.1, -0.05) is 13.5 Å². The quantitative estimate of drug-likeness (QED) is 0.424. The Hall–Kier alpha value is -3.57. The van der Waals surface area contributed by atoms with E-state index >= 15 is 0 Å². The first-order chi connectivity index (χ1) is 15.8. The molecule has 0 radical (unpaired) electrons. The third-order valence-corrected chi connectivity index (χ3v) is 6.13. The average molecular weight is 487 g/mol. The third-order valence-electron chi connectivity index (χ3n) is 4.48. The number of hydrogen-bond donors (Lipinski definition) is 3. The molecule has 3 rings (SSSR count). The summed E-state index contributed by atoms with van der Waals surface area (Å²) in [4.78, 5) is 25.1. The summed E-state index contributed by atoms with van der Waals surface area (Å²) in [6.07, 6.45) is 5.59. The minimum absolute atomic E-state index is 0. The minimum atomic E-state index is -2.93. The Morgan fingerprint density at radius 2 is 1.97 bits per heavy atom. The number of ether oxygens (including phenoxy) is 1. The standard InChI is InChI=1S/C22H26N6O4S.CH4/c1-4-32-22(30)28-33(3,31)18-9-7-17(8-10-18)26-21-24-13-19(16-6-5-11-23-12-16)20(27-21)25-15(2)14-29;/h5-13,15,29H,4,14H2,1-3H3,(H2,24,25,26,27);1H4/t15-,33?;/m1./s1. The number of pyridine rings is 1. The van der Waals surface area contributed by atoms with Gasteiger partial charge in [0.25, 0.3) is 0 Å². The molecule has 0 aliphatic carbocycles. The Bertz CT molecular complexity index is 1210. The van der Waals surface area contributed by atoms with E-state index in [0.29, 0.717) is 22.3 Å². The molecule has 3 N–H and O–H groups in total. The fraction of sp³-hybridized carbons (Fsp3) is 0.304. The van der Waals surface area contributed by atoms with Gasteiger partial charge in [-0.05, 0) is 44.2 Å². The zero-order chi connectivity index (χ0) is 23.8. The summed E-state index contributed by atoms with van der Waals surface area (Å²) in [7, 11) is -2.93. The van der Waals surface area contributed by atoms with Crippen molar-refractivity contribution >= 4 is 33.3 Å². The van der Waals surface area contributed by atoms with Crippen molar-refractivity contribution in [3.63, 3.8) is 0 Å². The van der Waals surface area contributed by atoms with Crippen LogP contribution in [0.4, 0.5) is 22.2 Å². The van der Waals surface area contributed by atoms with E-state index in [-0.39, 0.29) is 26.7 Å². The van der Waals surface area contributed by atoms with Crippen molar-refractivity contribution in [2.24, 2.45) is 4.36 Å². The van der Waals surface area contributed by atoms with Crippen LogP contribution >= 0.6 is 0 Å². The first-order valence-corrected chi connectivity index (χ1v) is 12.2. The average Bonchev–Trinajstić information content (AvgIpc) is 2.80. The predicted molar refractivity (Wildman–Crippen MR) is 134 cm³/mol. The summed E-state index contributed by atoms with van der Waals surface area (Å²) in [5, 5.41) is 15.7. The van der Waals surface area contributed by atoms with Gasteiger partial charge < -0.3 is 20.5 Å². The van der Waals surface area contributed by atoms with Gasteiger partial charge in [0.05, 0.1) is 22.9 Å². The molecule has 0 saturated heterocycles. The lowest BCUT2D eigenvalue weighted by atomic mass is 10.1. The number of rotatable bonds is 8. The van der Waals surface area contributed by atoms with Gasteiger partial charge in [0.15, 0.2) is 0 Å². The molecule has 34 heavy (non-hydrogen) atoms. The van der Waals surface area contributed by atoms with Gasteiger partial charge in [-0.3, -0.25) is 4.98 Å². The van der Waals surface area contributed by atoms with Crippen LogP contribution in [-0.4, -0.2) is 55.9 Å². The van der Waals surface area contributed by atoms with Crippen molar-refractivity contribution in [1.82, 2.24) is 15.0 Å². The number of nitrogens with zero attached hydrogens (tertiary/aromatic N) is 4. The Kier molecular flexibility index (Phi) is 9.46. The highest BCUT2D eigenvalue weighted by atomic mass is 32.2. The molecule has 0 spiro atoms. The molecule has 0 bridgehead atoms. The van der Waals surface area contributed by atoms with Crippen molar-refractivity contribution in [2.75, 3.05) is 30.1 Å². The summed E-state index contributed by atoms with van der Waals surface area (Å²) in [5.74, 6) is 0.875. The van der Waals surface area contributed by atoms with E-state index in [1.54, 1.807) is 49.8 Å². The van der Waals surface area contributed by atoms with Gasteiger partial charge >= 0.3 is 6.09 Å². The fourth-order valence-corrected chi connectivity index (χ4v) is 3.91. The maximum absolute atomic E-state index is 12.7. The molecule has 1 amide bonds. The van der Waals surface area contributed by atoms with Crippen LogP contribution in [0.1, 0.15) is 21.3 Å². The number of aromatic nitrogens is 3. The second-order valence-corrected chi connectivity index (χ2v) is 9.43. The molecule has 182 valence electrons. The van der Waals surface area contributed by atoms with E-state index in [9.17, 15) is 14.1 Å². The number of aliphatic hydroxyl groups is 1. The largest absolute Gasteiger partial charge is 0.448 e. The van der Waals surface area contributed by atoms with E-state index in [4.69, 9.17) is 4.74 Å². The second-order valence-electron chi connectivity index (χ2n) is 7.17. The molecule has 0 aliphatic heterocycles. The zero-order valence-electron chi connectivity index (χ0n) is 18.6. The molecular formula is C23H30N6O4S. The van der Waals surface area contributed by atoms with Crippen LogP contribution in [0.25, 0.3) is 11.1 Å². The molecular weight excluding hydrogens is 456 g/mol. The van der Waals surface area contributed by atoms with Crippen LogP contribution in [0.2, 0.25) is 0 Å². The molecule has 2 atom stereocenters. The number of aliphatic hydroxyl groups excluding tert-OH is 1. The maximum Gasteiger partial charge on any atom is 0.442 e. The van der Waals surface area contributed by atoms with Gasteiger partial charge in [-0.2, -0.15) is 4.98 Å². The molecule has 1 unspecified atom stereocenters. The van der Waals surface area contributed by atoms with Gasteiger partial charge in [0.1, 0.15) is 5.82 Å². The third kappa shape index (κ3) is 6.96. The van der Waals surface area contributed by atoms with Crippen molar-refractivity contribution in [3.05, 3.63) is 55.0 Å². The van der Waals surface area contributed by atoms with Crippen LogP contribution < -0.4 is 10.6 Å². The van der Waals surface area contributed by atoms with Gasteiger partial charge in [-0.25, -0.2) is 14.0 Å². The molecule has 11 heteroatoms. The molecule has 3 aromatic rings. The summed E-state index contributed by atoms with van der Waals surface area (Å²) in [6, 6.07) is 10.1. The van der Waals surface area contributed by atoms with Gasteiger partial charge in [-0.15, -0.1) is 4.36 Å². The normalized spacial score (nSPS) is 13.1. The first-order valence-electron chi connectivity index (χ1n) is 10.2. The van der Waals surface area contributed by atoms with E-state index in [1.165, 1.54) is 6.26 Å². The van der Waals surface area contributed by atoms with Crippen molar-refractivity contribution in [1.29, 1.82) is 0 Å². The summed E-state index contributed by atoms with van der Waals surface area (Å²) in [6.45, 7) is 3.59. The Balaban J connectivity index is 0.00000408. The Morgan fingerprint density at radius 3 is 2.59 bits per heavy atom.